The number of amides is 1. The van der Waals surface area contributed by atoms with Crippen LogP contribution in [0.25, 0.3) is 0 Å². The van der Waals surface area contributed by atoms with Crippen molar-refractivity contribution in [2.24, 2.45) is 0 Å². The third kappa shape index (κ3) is 5.24. The number of carbonyl (C=O) groups excluding carboxylic acids is 1. The van der Waals surface area contributed by atoms with Gasteiger partial charge in [0.1, 0.15) is 0 Å². The third-order valence-electron chi connectivity index (χ3n) is 3.79. The van der Waals surface area contributed by atoms with Gasteiger partial charge in [-0.2, -0.15) is 0 Å². The van der Waals surface area contributed by atoms with Gasteiger partial charge in [0.25, 0.3) is 5.91 Å². The van der Waals surface area contributed by atoms with Gasteiger partial charge in [-0.3, -0.25) is 9.59 Å². The lowest BCUT2D eigenvalue weighted by Gasteiger charge is -2.13. The number of ether oxygens (including phenoxy) is 2. The van der Waals surface area contributed by atoms with Crippen molar-refractivity contribution in [2.75, 3.05) is 19.0 Å². The number of carboxylic acids is 1. The highest BCUT2D eigenvalue weighted by Crippen LogP contribution is 2.29. The van der Waals surface area contributed by atoms with Crippen LogP contribution in [0.15, 0.2) is 42.5 Å². The minimum Gasteiger partial charge on any atom is -0.493 e. The molecule has 1 amide bonds. The Bertz CT molecular complexity index is 773. The van der Waals surface area contributed by atoms with Crippen molar-refractivity contribution in [3.63, 3.8) is 0 Å². The van der Waals surface area contributed by atoms with E-state index in [4.69, 9.17) is 14.6 Å². The molecular weight excluding hydrogens is 334 g/mol. The first-order valence-electron chi connectivity index (χ1n) is 8.47. The maximum Gasteiger partial charge on any atom is 0.307 e. The van der Waals surface area contributed by atoms with Crippen molar-refractivity contribution in [3.05, 3.63) is 53.6 Å². The molecule has 6 heteroatoms. The van der Waals surface area contributed by atoms with Gasteiger partial charge in [-0.05, 0) is 36.2 Å². The van der Waals surface area contributed by atoms with E-state index in [-0.39, 0.29) is 12.3 Å². The van der Waals surface area contributed by atoms with Crippen LogP contribution in [0.2, 0.25) is 0 Å². The quantitative estimate of drug-likeness (QED) is 0.668. The van der Waals surface area contributed by atoms with Gasteiger partial charge in [0.2, 0.25) is 0 Å². The van der Waals surface area contributed by atoms with E-state index in [2.05, 4.69) is 12.2 Å². The van der Waals surface area contributed by atoms with Crippen molar-refractivity contribution in [3.8, 4) is 11.5 Å². The zero-order valence-corrected chi connectivity index (χ0v) is 15.0. The highest BCUT2D eigenvalue weighted by Gasteiger charge is 2.14. The molecule has 0 aliphatic carbocycles. The molecule has 0 atom stereocenters. The van der Waals surface area contributed by atoms with E-state index in [1.807, 2.05) is 0 Å². The number of anilines is 1. The number of carbonyl (C=O) groups is 2. The molecular formula is C20H23NO5. The molecule has 2 N–H and O–H groups in total. The Balaban J connectivity index is 2.16. The molecule has 0 bridgehead atoms. The van der Waals surface area contributed by atoms with E-state index in [0.717, 1.165) is 12.8 Å². The average molecular weight is 357 g/mol. The molecule has 2 aromatic rings. The van der Waals surface area contributed by atoms with Gasteiger partial charge in [0.05, 0.1) is 20.1 Å². The lowest BCUT2D eigenvalue weighted by Crippen LogP contribution is -2.14. The first-order chi connectivity index (χ1) is 12.5. The van der Waals surface area contributed by atoms with E-state index < -0.39 is 5.97 Å². The highest BCUT2D eigenvalue weighted by molar-refractivity contribution is 6.05. The molecule has 2 aromatic carbocycles. The molecule has 0 aromatic heterocycles. The van der Waals surface area contributed by atoms with Crippen molar-refractivity contribution in [1.29, 1.82) is 0 Å². The first kappa shape index (κ1) is 19.3. The molecule has 0 spiro atoms. The molecule has 138 valence electrons. The number of rotatable bonds is 9. The second kappa shape index (κ2) is 9.46. The number of hydrogen-bond donors (Lipinski definition) is 2. The summed E-state index contributed by atoms with van der Waals surface area (Å²) in [6, 6.07) is 11.8. The second-order valence-electron chi connectivity index (χ2n) is 5.75. The van der Waals surface area contributed by atoms with Gasteiger partial charge in [0, 0.05) is 11.3 Å². The Morgan fingerprint density at radius 3 is 2.58 bits per heavy atom. The van der Waals surface area contributed by atoms with Gasteiger partial charge in [-0.25, -0.2) is 0 Å². The van der Waals surface area contributed by atoms with Gasteiger partial charge >= 0.3 is 5.97 Å². The molecule has 0 heterocycles. The molecule has 0 saturated carbocycles. The molecule has 0 radical (unpaired) electrons. The first-order valence-corrected chi connectivity index (χ1v) is 8.47. The summed E-state index contributed by atoms with van der Waals surface area (Å²) < 4.78 is 11.0. The lowest BCUT2D eigenvalue weighted by molar-refractivity contribution is -0.136. The fraction of sp³-hybridized carbons (Fsp3) is 0.300. The van der Waals surface area contributed by atoms with Crippen LogP contribution in [-0.2, 0) is 11.2 Å². The van der Waals surface area contributed by atoms with E-state index in [1.165, 1.54) is 7.11 Å². The van der Waals surface area contributed by atoms with Crippen molar-refractivity contribution >= 4 is 17.6 Å². The summed E-state index contributed by atoms with van der Waals surface area (Å²) in [5.74, 6) is -0.237. The molecule has 2 rings (SSSR count). The lowest BCUT2D eigenvalue weighted by atomic mass is 10.1. The smallest absolute Gasteiger partial charge is 0.307 e. The summed E-state index contributed by atoms with van der Waals surface area (Å²) in [5, 5.41) is 11.7. The summed E-state index contributed by atoms with van der Waals surface area (Å²) in [6.45, 7) is 2.66. The Labute approximate surface area is 152 Å². The monoisotopic (exact) mass is 357 g/mol. The Kier molecular flexibility index (Phi) is 7.02. The van der Waals surface area contributed by atoms with E-state index in [9.17, 15) is 9.59 Å². The number of benzene rings is 2. The van der Waals surface area contributed by atoms with E-state index in [0.29, 0.717) is 34.9 Å². The number of nitrogens with one attached hydrogen (secondary N) is 1. The van der Waals surface area contributed by atoms with Gasteiger partial charge in [-0.1, -0.05) is 31.5 Å². The van der Waals surface area contributed by atoms with Crippen LogP contribution in [-0.4, -0.2) is 30.7 Å². The second-order valence-corrected chi connectivity index (χ2v) is 5.75. The van der Waals surface area contributed by atoms with Crippen LogP contribution in [0.4, 0.5) is 5.69 Å². The van der Waals surface area contributed by atoms with Gasteiger partial charge in [0.15, 0.2) is 11.5 Å². The highest BCUT2D eigenvalue weighted by atomic mass is 16.5. The molecule has 0 aliphatic rings. The summed E-state index contributed by atoms with van der Waals surface area (Å²) >= 11 is 0. The topological polar surface area (TPSA) is 84.9 Å². The van der Waals surface area contributed by atoms with Crippen LogP contribution < -0.4 is 14.8 Å². The average Bonchev–Trinajstić information content (AvgIpc) is 2.63. The number of aliphatic carboxylic acids is 1. The number of methoxy groups -OCH3 is 1. The maximum absolute atomic E-state index is 12.5. The standard InChI is InChI=1S/C20H23NO5/c1-3-4-11-26-17-10-9-15(12-18(17)25-2)20(24)21-16-8-6-5-7-14(16)13-19(22)23/h5-10,12H,3-4,11,13H2,1-2H3,(H,21,24)(H,22,23). The number of unbranched alkanes of at least 4 members (excludes halogenated alkanes) is 1. The predicted octanol–water partition coefficient (Wildman–Crippen LogP) is 3.75. The summed E-state index contributed by atoms with van der Waals surface area (Å²) in [6.07, 6.45) is 1.80. The fourth-order valence-electron chi connectivity index (χ4n) is 2.41. The normalized spacial score (nSPS) is 10.2. The van der Waals surface area contributed by atoms with E-state index >= 15 is 0 Å². The van der Waals surface area contributed by atoms with Crippen molar-refractivity contribution < 1.29 is 24.2 Å². The van der Waals surface area contributed by atoms with Crippen LogP contribution in [0.5, 0.6) is 11.5 Å². The van der Waals surface area contributed by atoms with Crippen LogP contribution in [0, 0.1) is 0 Å². The molecule has 0 aliphatic heterocycles. The van der Waals surface area contributed by atoms with Crippen molar-refractivity contribution in [1.82, 2.24) is 0 Å². The summed E-state index contributed by atoms with van der Waals surface area (Å²) in [7, 11) is 1.52. The molecule has 0 fully saturated rings. The number of hydrogen-bond acceptors (Lipinski definition) is 4. The fourth-order valence-corrected chi connectivity index (χ4v) is 2.41. The van der Waals surface area contributed by atoms with Crippen LogP contribution >= 0.6 is 0 Å². The Hall–Kier alpha value is -3.02. The van der Waals surface area contributed by atoms with Crippen LogP contribution in [0.1, 0.15) is 35.7 Å². The summed E-state index contributed by atoms with van der Waals surface area (Å²) in [5.41, 5.74) is 1.41. The van der Waals surface area contributed by atoms with E-state index in [1.54, 1.807) is 42.5 Å². The van der Waals surface area contributed by atoms with Crippen molar-refractivity contribution in [2.45, 2.75) is 26.2 Å². The largest absolute Gasteiger partial charge is 0.493 e. The minimum absolute atomic E-state index is 0.163. The zero-order chi connectivity index (χ0) is 18.9. The molecule has 0 unspecified atom stereocenters. The number of para-hydroxylation sites is 1. The van der Waals surface area contributed by atoms with Gasteiger partial charge in [-0.15, -0.1) is 0 Å². The Morgan fingerprint density at radius 1 is 1.12 bits per heavy atom. The zero-order valence-electron chi connectivity index (χ0n) is 15.0. The maximum atomic E-state index is 12.5. The molecule has 0 saturated heterocycles. The molecule has 26 heavy (non-hydrogen) atoms. The van der Waals surface area contributed by atoms with Crippen LogP contribution in [0.3, 0.4) is 0 Å². The third-order valence-corrected chi connectivity index (χ3v) is 3.79. The van der Waals surface area contributed by atoms with Gasteiger partial charge < -0.3 is 19.9 Å². The predicted molar refractivity (Wildman–Crippen MR) is 99.1 cm³/mol. The Morgan fingerprint density at radius 2 is 1.88 bits per heavy atom. The summed E-state index contributed by atoms with van der Waals surface area (Å²) in [4.78, 5) is 23.5. The number of carboxylic acid groups (broad SMARTS) is 1. The minimum atomic E-state index is -0.957. The SMILES string of the molecule is CCCCOc1ccc(C(=O)Nc2ccccc2CC(=O)O)cc1OC. The molecule has 6 nitrogen and oxygen atoms in total.